The number of hydrogen-bond acceptors (Lipinski definition) is 4. The summed E-state index contributed by atoms with van der Waals surface area (Å²) in [5.74, 6) is 0.368. The van der Waals surface area contributed by atoms with Gasteiger partial charge in [-0.15, -0.1) is 0 Å². The highest BCUT2D eigenvalue weighted by atomic mass is 16.5. The zero-order chi connectivity index (χ0) is 14.8. The molecule has 21 heavy (non-hydrogen) atoms. The number of benzene rings is 1. The third kappa shape index (κ3) is 2.41. The number of hydrogen-bond donors (Lipinski definition) is 1. The van der Waals surface area contributed by atoms with Crippen molar-refractivity contribution in [1.29, 1.82) is 5.26 Å². The Hall–Kier alpha value is -1.90. The van der Waals surface area contributed by atoms with Gasteiger partial charge in [-0.05, 0) is 18.6 Å². The van der Waals surface area contributed by atoms with E-state index in [1.165, 1.54) is 0 Å². The van der Waals surface area contributed by atoms with E-state index in [-0.39, 0.29) is 24.0 Å². The van der Waals surface area contributed by atoms with Gasteiger partial charge in [0.05, 0.1) is 29.9 Å². The fraction of sp³-hybridized carbons (Fsp3) is 0.500. The van der Waals surface area contributed by atoms with E-state index in [4.69, 9.17) is 14.7 Å². The molecule has 1 saturated carbocycles. The molecule has 110 valence electrons. The highest BCUT2D eigenvalue weighted by Crippen LogP contribution is 2.43. The van der Waals surface area contributed by atoms with E-state index in [0.29, 0.717) is 23.7 Å². The molecule has 1 aromatic rings. The van der Waals surface area contributed by atoms with Gasteiger partial charge in [0, 0.05) is 31.6 Å². The first-order chi connectivity index (χ1) is 10.3. The number of carbonyl (C=O) groups excluding carboxylic acids is 1. The molecule has 2 fully saturated rings. The summed E-state index contributed by atoms with van der Waals surface area (Å²) in [4.78, 5) is 12.4. The van der Waals surface area contributed by atoms with Crippen molar-refractivity contribution >= 4 is 5.91 Å². The molecule has 1 aromatic carbocycles. The van der Waals surface area contributed by atoms with Crippen LogP contribution in [0.15, 0.2) is 24.3 Å². The molecule has 1 aliphatic heterocycles. The summed E-state index contributed by atoms with van der Waals surface area (Å²) in [6.07, 6.45) is 1.16. The minimum absolute atomic E-state index is 0.0664. The fourth-order valence-corrected chi connectivity index (χ4v) is 3.44. The third-order valence-electron chi connectivity index (χ3n) is 4.48. The molecule has 1 amide bonds. The van der Waals surface area contributed by atoms with Crippen LogP contribution in [0.5, 0.6) is 0 Å². The van der Waals surface area contributed by atoms with Crippen LogP contribution in [0.25, 0.3) is 0 Å². The van der Waals surface area contributed by atoms with Crippen LogP contribution in [0.2, 0.25) is 0 Å². The second-order valence-corrected chi connectivity index (χ2v) is 5.56. The lowest BCUT2D eigenvalue weighted by molar-refractivity contribution is -0.0809. The van der Waals surface area contributed by atoms with Crippen LogP contribution in [0.3, 0.4) is 0 Å². The van der Waals surface area contributed by atoms with E-state index >= 15 is 0 Å². The molecule has 0 unspecified atom stereocenters. The summed E-state index contributed by atoms with van der Waals surface area (Å²) in [5, 5.41) is 12.2. The predicted molar refractivity (Wildman–Crippen MR) is 75.6 cm³/mol. The van der Waals surface area contributed by atoms with Crippen molar-refractivity contribution in [2.75, 3.05) is 20.3 Å². The smallest absolute Gasteiger partial charge is 0.252 e. The summed E-state index contributed by atoms with van der Waals surface area (Å²) in [6, 6.07) is 8.99. The van der Waals surface area contributed by atoms with Crippen LogP contribution in [0.1, 0.15) is 22.3 Å². The second-order valence-electron chi connectivity index (χ2n) is 5.56. The van der Waals surface area contributed by atoms with Crippen LogP contribution in [0, 0.1) is 23.2 Å². The molecule has 2 aliphatic rings. The van der Waals surface area contributed by atoms with E-state index in [9.17, 15) is 4.79 Å². The van der Waals surface area contributed by atoms with Gasteiger partial charge in [0.1, 0.15) is 0 Å². The lowest BCUT2D eigenvalue weighted by Crippen LogP contribution is -2.62. The molecule has 4 atom stereocenters. The van der Waals surface area contributed by atoms with Crippen LogP contribution >= 0.6 is 0 Å². The summed E-state index contributed by atoms with van der Waals surface area (Å²) >= 11 is 0. The van der Waals surface area contributed by atoms with Gasteiger partial charge < -0.3 is 14.8 Å². The number of fused-ring (bicyclic) bond motifs is 1. The first-order valence-electron chi connectivity index (χ1n) is 7.16. The standard InChI is InChI=1S/C16H18N2O3/c1-20-9-13-14(12-6-7-21-15(12)13)18-16(19)11-5-3-2-4-10(11)8-17/h2-5,12-15H,6-7,9H2,1H3,(H,18,19)/t12-,13+,14+,15-/m1/s1. The topological polar surface area (TPSA) is 71.3 Å². The number of nitrogens with zero attached hydrogens (tertiary/aromatic N) is 1. The van der Waals surface area contributed by atoms with Crippen LogP contribution in [0.4, 0.5) is 0 Å². The SMILES string of the molecule is COC[C@H]1[C@@H](NC(=O)c2ccccc2C#N)[C@H]2CCO[C@H]21. The molecule has 1 heterocycles. The summed E-state index contributed by atoms with van der Waals surface area (Å²) in [7, 11) is 1.66. The zero-order valence-electron chi connectivity index (χ0n) is 11.9. The minimum atomic E-state index is -0.191. The first kappa shape index (κ1) is 14.1. The Bertz CT molecular complexity index is 581. The van der Waals surface area contributed by atoms with E-state index < -0.39 is 0 Å². The Kier molecular flexibility index (Phi) is 3.91. The molecule has 0 aromatic heterocycles. The molecule has 0 bridgehead atoms. The normalized spacial score (nSPS) is 30.1. The molecule has 5 nitrogen and oxygen atoms in total. The molecule has 1 aliphatic carbocycles. The highest BCUT2D eigenvalue weighted by molar-refractivity contribution is 5.96. The fourth-order valence-electron chi connectivity index (χ4n) is 3.44. The van der Waals surface area contributed by atoms with Gasteiger partial charge in [-0.25, -0.2) is 0 Å². The van der Waals surface area contributed by atoms with Crippen molar-refractivity contribution in [3.05, 3.63) is 35.4 Å². The molecule has 5 heteroatoms. The monoisotopic (exact) mass is 286 g/mol. The van der Waals surface area contributed by atoms with E-state index in [1.807, 2.05) is 0 Å². The maximum Gasteiger partial charge on any atom is 0.252 e. The minimum Gasteiger partial charge on any atom is -0.384 e. The summed E-state index contributed by atoms with van der Waals surface area (Å²) < 4.78 is 10.9. The molecule has 0 radical (unpaired) electrons. The Balaban J connectivity index is 1.73. The van der Waals surface area contributed by atoms with Crippen LogP contribution in [-0.2, 0) is 9.47 Å². The maximum absolute atomic E-state index is 12.4. The van der Waals surface area contributed by atoms with E-state index in [2.05, 4.69) is 11.4 Å². The summed E-state index contributed by atoms with van der Waals surface area (Å²) in [5.41, 5.74) is 0.829. The number of nitrogens with one attached hydrogen (secondary N) is 1. The Morgan fingerprint density at radius 3 is 3.10 bits per heavy atom. The van der Waals surface area contributed by atoms with Gasteiger partial charge in [0.2, 0.25) is 0 Å². The highest BCUT2D eigenvalue weighted by Gasteiger charge is 2.54. The second kappa shape index (κ2) is 5.84. The van der Waals surface area contributed by atoms with Crippen molar-refractivity contribution in [3.8, 4) is 6.07 Å². The average Bonchev–Trinajstić information content (AvgIpc) is 2.94. The lowest BCUT2D eigenvalue weighted by Gasteiger charge is -2.47. The number of rotatable bonds is 4. The Labute approximate surface area is 123 Å². The van der Waals surface area contributed by atoms with Gasteiger partial charge in [0.25, 0.3) is 5.91 Å². The van der Waals surface area contributed by atoms with Crippen molar-refractivity contribution in [2.45, 2.75) is 18.6 Å². The van der Waals surface area contributed by atoms with Crippen molar-refractivity contribution < 1.29 is 14.3 Å². The lowest BCUT2D eigenvalue weighted by atomic mass is 9.67. The predicted octanol–water partition coefficient (Wildman–Crippen LogP) is 1.34. The van der Waals surface area contributed by atoms with E-state index in [0.717, 1.165) is 13.0 Å². The number of nitriles is 1. The van der Waals surface area contributed by atoms with Crippen molar-refractivity contribution in [2.24, 2.45) is 11.8 Å². The Morgan fingerprint density at radius 2 is 2.33 bits per heavy atom. The molecule has 1 N–H and O–H groups in total. The average molecular weight is 286 g/mol. The Morgan fingerprint density at radius 1 is 1.52 bits per heavy atom. The van der Waals surface area contributed by atoms with Crippen LogP contribution < -0.4 is 5.32 Å². The number of amides is 1. The zero-order valence-corrected chi connectivity index (χ0v) is 11.9. The first-order valence-corrected chi connectivity index (χ1v) is 7.16. The number of methoxy groups -OCH3 is 1. The molecule has 0 spiro atoms. The quantitative estimate of drug-likeness (QED) is 0.906. The van der Waals surface area contributed by atoms with Crippen molar-refractivity contribution in [3.63, 3.8) is 0 Å². The van der Waals surface area contributed by atoms with Gasteiger partial charge in [-0.1, -0.05) is 12.1 Å². The largest absolute Gasteiger partial charge is 0.384 e. The third-order valence-corrected chi connectivity index (χ3v) is 4.48. The van der Waals surface area contributed by atoms with E-state index in [1.54, 1.807) is 31.4 Å². The maximum atomic E-state index is 12.4. The van der Waals surface area contributed by atoms with Gasteiger partial charge in [0.15, 0.2) is 0 Å². The molecule has 1 saturated heterocycles. The number of carbonyl (C=O) groups is 1. The molecular formula is C16H18N2O3. The summed E-state index contributed by atoms with van der Waals surface area (Å²) in [6.45, 7) is 1.32. The molecule has 3 rings (SSSR count). The van der Waals surface area contributed by atoms with Gasteiger partial charge in [-0.3, -0.25) is 4.79 Å². The van der Waals surface area contributed by atoms with Gasteiger partial charge >= 0.3 is 0 Å². The molecular weight excluding hydrogens is 268 g/mol. The van der Waals surface area contributed by atoms with Crippen molar-refractivity contribution in [1.82, 2.24) is 5.32 Å². The van der Waals surface area contributed by atoms with Crippen LogP contribution in [-0.4, -0.2) is 38.4 Å². The number of ether oxygens (including phenoxy) is 2. The van der Waals surface area contributed by atoms with Gasteiger partial charge in [-0.2, -0.15) is 5.26 Å².